The minimum atomic E-state index is -1.04. The minimum Gasteiger partial charge on any atom is -0.250 e. The first-order valence-electron chi connectivity index (χ1n) is 6.45. The summed E-state index contributed by atoms with van der Waals surface area (Å²) < 4.78 is 12.2. The number of unbranched alkanes of at least 4 members (excludes halogenated alkanes) is 1. The van der Waals surface area contributed by atoms with E-state index in [-0.39, 0.29) is 0 Å². The molecule has 0 N–H and O–H groups in total. The van der Waals surface area contributed by atoms with E-state index in [9.17, 15) is 4.21 Å². The van der Waals surface area contributed by atoms with Crippen LogP contribution in [-0.2, 0) is 10.8 Å². The molecule has 0 radical (unpaired) electrons. The third kappa shape index (κ3) is 5.01. The second-order valence-corrected chi connectivity index (χ2v) is 5.78. The van der Waals surface area contributed by atoms with Crippen LogP contribution in [0.2, 0.25) is 0 Å². The Morgan fingerprint density at radius 2 is 2.00 bits per heavy atom. The van der Waals surface area contributed by atoms with Crippen molar-refractivity contribution in [3.05, 3.63) is 53.5 Å². The molecule has 2 heteroatoms. The van der Waals surface area contributed by atoms with E-state index in [0.717, 1.165) is 30.6 Å². The van der Waals surface area contributed by atoms with Gasteiger partial charge in [-0.1, -0.05) is 42.7 Å². The molecule has 1 aromatic carbocycles. The maximum Gasteiger partial charge on any atom is 0.0775 e. The summed E-state index contributed by atoms with van der Waals surface area (Å²) in [5.74, 6) is 0. The van der Waals surface area contributed by atoms with Crippen LogP contribution in [0.5, 0.6) is 0 Å². The lowest BCUT2D eigenvalue weighted by Gasteiger charge is -2.04. The van der Waals surface area contributed by atoms with Crippen LogP contribution in [0, 0.1) is 6.92 Å². The van der Waals surface area contributed by atoms with E-state index in [2.05, 4.69) is 13.5 Å². The van der Waals surface area contributed by atoms with E-state index in [4.69, 9.17) is 0 Å². The largest absolute Gasteiger partial charge is 0.250 e. The molecule has 1 rings (SSSR count). The van der Waals surface area contributed by atoms with E-state index in [1.807, 2.05) is 42.7 Å². The lowest BCUT2D eigenvalue weighted by Crippen LogP contribution is -1.91. The van der Waals surface area contributed by atoms with Gasteiger partial charge < -0.3 is 0 Å². The highest BCUT2D eigenvalue weighted by atomic mass is 32.2. The average molecular weight is 262 g/mol. The van der Waals surface area contributed by atoms with E-state index in [1.165, 1.54) is 11.1 Å². The molecule has 0 amide bonds. The van der Waals surface area contributed by atoms with E-state index in [1.54, 1.807) is 0 Å². The minimum absolute atomic E-state index is 0.831. The second kappa shape index (κ2) is 8.04. The number of benzene rings is 1. The first-order valence-corrected chi connectivity index (χ1v) is 7.66. The molecule has 18 heavy (non-hydrogen) atoms. The van der Waals surface area contributed by atoms with Crippen LogP contribution in [0.4, 0.5) is 0 Å². The predicted molar refractivity (Wildman–Crippen MR) is 80.0 cm³/mol. The molecule has 0 saturated heterocycles. The van der Waals surface area contributed by atoms with Crippen molar-refractivity contribution in [3.63, 3.8) is 0 Å². The second-order valence-electron chi connectivity index (χ2n) is 4.48. The lowest BCUT2D eigenvalue weighted by molar-refractivity contribution is 0.687. The fraction of sp³-hybridized carbons (Fsp3) is 0.375. The molecule has 0 saturated carbocycles. The summed E-state index contributed by atoms with van der Waals surface area (Å²) in [6, 6.07) is 7.88. The van der Waals surface area contributed by atoms with Crippen molar-refractivity contribution in [1.82, 2.24) is 0 Å². The molecule has 0 fully saturated rings. The first kappa shape index (κ1) is 14.9. The Morgan fingerprint density at radius 1 is 1.33 bits per heavy atom. The highest BCUT2D eigenvalue weighted by Crippen LogP contribution is 2.17. The molecular formula is C16H22OS. The van der Waals surface area contributed by atoms with Crippen LogP contribution in [-0.4, -0.2) is 4.21 Å². The SMILES string of the molecule is C=CC/C(=C/S(=O)c1ccc(C)cc1)CCCC. The molecule has 1 aromatic rings. The van der Waals surface area contributed by atoms with E-state index < -0.39 is 10.8 Å². The summed E-state index contributed by atoms with van der Waals surface area (Å²) >= 11 is 0. The Morgan fingerprint density at radius 3 is 2.56 bits per heavy atom. The average Bonchev–Trinajstić information content (AvgIpc) is 2.37. The summed E-state index contributed by atoms with van der Waals surface area (Å²) in [5.41, 5.74) is 2.42. The quantitative estimate of drug-likeness (QED) is 0.648. The summed E-state index contributed by atoms with van der Waals surface area (Å²) in [5, 5.41) is 1.89. The van der Waals surface area contributed by atoms with Crippen molar-refractivity contribution < 1.29 is 4.21 Å². The monoisotopic (exact) mass is 262 g/mol. The molecule has 0 aliphatic heterocycles. The maximum absolute atomic E-state index is 12.2. The Hall–Kier alpha value is -1.15. The van der Waals surface area contributed by atoms with Gasteiger partial charge in [0.1, 0.15) is 0 Å². The van der Waals surface area contributed by atoms with Crippen LogP contribution in [0.15, 0.2) is 52.8 Å². The van der Waals surface area contributed by atoms with Crippen LogP contribution in [0.3, 0.4) is 0 Å². The van der Waals surface area contributed by atoms with Crippen molar-refractivity contribution in [2.24, 2.45) is 0 Å². The number of allylic oxidation sites excluding steroid dienone is 2. The van der Waals surface area contributed by atoms with Gasteiger partial charge in [0.05, 0.1) is 10.8 Å². The Labute approximate surface area is 113 Å². The van der Waals surface area contributed by atoms with Gasteiger partial charge in [0.2, 0.25) is 0 Å². The summed E-state index contributed by atoms with van der Waals surface area (Å²) in [6.07, 6.45) is 6.03. The topological polar surface area (TPSA) is 17.1 Å². The van der Waals surface area contributed by atoms with Crippen molar-refractivity contribution >= 4 is 10.8 Å². The molecule has 0 heterocycles. The van der Waals surface area contributed by atoms with Crippen LogP contribution in [0.1, 0.15) is 38.2 Å². The normalized spacial score (nSPS) is 13.3. The Balaban J connectivity index is 2.79. The van der Waals surface area contributed by atoms with E-state index in [0.29, 0.717) is 0 Å². The summed E-state index contributed by atoms with van der Waals surface area (Å²) in [6.45, 7) is 7.96. The number of hydrogen-bond donors (Lipinski definition) is 0. The van der Waals surface area contributed by atoms with E-state index >= 15 is 0 Å². The molecule has 0 spiro atoms. The molecule has 98 valence electrons. The lowest BCUT2D eigenvalue weighted by atomic mass is 10.1. The van der Waals surface area contributed by atoms with Gasteiger partial charge in [-0.3, -0.25) is 0 Å². The van der Waals surface area contributed by atoms with Gasteiger partial charge in [-0.15, -0.1) is 6.58 Å². The molecule has 0 bridgehead atoms. The van der Waals surface area contributed by atoms with Gasteiger partial charge in [0, 0.05) is 10.3 Å². The molecule has 1 nitrogen and oxygen atoms in total. The fourth-order valence-corrected chi connectivity index (χ4v) is 2.75. The van der Waals surface area contributed by atoms with Gasteiger partial charge in [0.25, 0.3) is 0 Å². The Bertz CT molecular complexity index is 429. The fourth-order valence-electron chi connectivity index (χ4n) is 1.69. The van der Waals surface area contributed by atoms with Gasteiger partial charge in [0.15, 0.2) is 0 Å². The smallest absolute Gasteiger partial charge is 0.0775 e. The zero-order valence-corrected chi connectivity index (χ0v) is 12.1. The molecule has 0 aromatic heterocycles. The van der Waals surface area contributed by atoms with Gasteiger partial charge in [-0.2, -0.15) is 0 Å². The standard InChI is InChI=1S/C16H22OS/c1-4-6-8-15(7-5-2)13-18(17)16-11-9-14(3)10-12-16/h5,9-13H,2,4,6-8H2,1,3H3/b15-13-. The van der Waals surface area contributed by atoms with Crippen molar-refractivity contribution in [1.29, 1.82) is 0 Å². The van der Waals surface area contributed by atoms with Crippen LogP contribution >= 0.6 is 0 Å². The third-order valence-corrected chi connectivity index (χ3v) is 4.07. The zero-order chi connectivity index (χ0) is 13.4. The molecule has 1 unspecified atom stereocenters. The van der Waals surface area contributed by atoms with Crippen molar-refractivity contribution in [3.8, 4) is 0 Å². The van der Waals surface area contributed by atoms with Crippen molar-refractivity contribution in [2.45, 2.75) is 44.4 Å². The molecule has 0 aliphatic rings. The molecule has 0 aliphatic carbocycles. The van der Waals surface area contributed by atoms with Gasteiger partial charge in [-0.05, 0) is 38.3 Å². The highest BCUT2D eigenvalue weighted by molar-refractivity contribution is 7.88. The summed E-state index contributed by atoms with van der Waals surface area (Å²) in [4.78, 5) is 0.874. The van der Waals surface area contributed by atoms with Crippen LogP contribution < -0.4 is 0 Å². The predicted octanol–water partition coefficient (Wildman–Crippen LogP) is 4.75. The molecular weight excluding hydrogens is 240 g/mol. The maximum atomic E-state index is 12.2. The van der Waals surface area contributed by atoms with Crippen molar-refractivity contribution in [2.75, 3.05) is 0 Å². The zero-order valence-electron chi connectivity index (χ0n) is 11.3. The van der Waals surface area contributed by atoms with Gasteiger partial charge in [-0.25, -0.2) is 4.21 Å². The Kier molecular flexibility index (Phi) is 6.66. The highest BCUT2D eigenvalue weighted by Gasteiger charge is 2.02. The summed E-state index contributed by atoms with van der Waals surface area (Å²) in [7, 11) is -1.04. The number of rotatable bonds is 7. The number of aryl methyl sites for hydroxylation is 1. The van der Waals surface area contributed by atoms with Crippen LogP contribution in [0.25, 0.3) is 0 Å². The molecule has 1 atom stereocenters. The first-order chi connectivity index (χ1) is 8.67. The van der Waals surface area contributed by atoms with Gasteiger partial charge >= 0.3 is 0 Å². The number of hydrogen-bond acceptors (Lipinski definition) is 1. The third-order valence-electron chi connectivity index (χ3n) is 2.78.